The number of hydrogen-bond acceptors (Lipinski definition) is 6. The van der Waals surface area contributed by atoms with Gasteiger partial charge in [-0.2, -0.15) is 0 Å². The summed E-state index contributed by atoms with van der Waals surface area (Å²) in [5.41, 5.74) is 3.56. The number of methoxy groups -OCH3 is 1. The van der Waals surface area contributed by atoms with Crippen molar-refractivity contribution in [3.05, 3.63) is 70.5 Å². The molecule has 4 rings (SSSR count). The molecule has 1 aromatic heterocycles. The van der Waals surface area contributed by atoms with E-state index in [1.54, 1.807) is 7.11 Å². The number of ether oxygens (including phenoxy) is 2. The molecule has 0 spiro atoms. The van der Waals surface area contributed by atoms with Gasteiger partial charge in [0.1, 0.15) is 17.3 Å². The molecule has 0 atom stereocenters. The molecular formula is C22H22FN3O3S. The van der Waals surface area contributed by atoms with Crippen LogP contribution >= 0.6 is 11.3 Å². The van der Waals surface area contributed by atoms with Crippen molar-refractivity contribution in [3.63, 3.8) is 0 Å². The highest BCUT2D eigenvalue weighted by Crippen LogP contribution is 2.25. The van der Waals surface area contributed by atoms with Gasteiger partial charge in [-0.15, -0.1) is 11.3 Å². The SMILES string of the molecule is COc1ccc2c(c1)CCN(Cc1csc(NC(=O)COc3ccc(F)cc3)n1)C2. The number of aromatic nitrogens is 1. The molecule has 1 amide bonds. The zero-order valence-electron chi connectivity index (χ0n) is 16.6. The average molecular weight is 428 g/mol. The summed E-state index contributed by atoms with van der Waals surface area (Å²) in [7, 11) is 1.68. The molecule has 6 nitrogen and oxygen atoms in total. The molecule has 2 aromatic carbocycles. The minimum absolute atomic E-state index is 0.160. The van der Waals surface area contributed by atoms with Crippen LogP contribution in [-0.4, -0.2) is 36.1 Å². The summed E-state index contributed by atoms with van der Waals surface area (Å²) in [4.78, 5) is 18.9. The summed E-state index contributed by atoms with van der Waals surface area (Å²) in [5, 5.41) is 5.25. The number of fused-ring (bicyclic) bond motifs is 1. The Kier molecular flexibility index (Phi) is 6.25. The summed E-state index contributed by atoms with van der Waals surface area (Å²) in [6, 6.07) is 11.8. The van der Waals surface area contributed by atoms with E-state index in [9.17, 15) is 9.18 Å². The molecule has 1 N–H and O–H groups in total. The maximum atomic E-state index is 12.9. The van der Waals surface area contributed by atoms with E-state index in [0.29, 0.717) is 10.9 Å². The van der Waals surface area contributed by atoms with Gasteiger partial charge in [0.15, 0.2) is 11.7 Å². The van der Waals surface area contributed by atoms with E-state index in [1.165, 1.54) is 46.7 Å². The second-order valence-electron chi connectivity index (χ2n) is 7.03. The number of nitrogens with one attached hydrogen (secondary N) is 1. The molecule has 156 valence electrons. The lowest BCUT2D eigenvalue weighted by molar-refractivity contribution is -0.118. The van der Waals surface area contributed by atoms with Crippen molar-refractivity contribution in [1.82, 2.24) is 9.88 Å². The first kappa shape index (κ1) is 20.3. The molecule has 30 heavy (non-hydrogen) atoms. The number of thiazole rings is 1. The molecule has 0 saturated heterocycles. The van der Waals surface area contributed by atoms with Crippen LogP contribution in [0.1, 0.15) is 16.8 Å². The summed E-state index contributed by atoms with van der Waals surface area (Å²) in [6.45, 7) is 2.38. The Morgan fingerprint density at radius 1 is 1.20 bits per heavy atom. The highest BCUT2D eigenvalue weighted by Gasteiger charge is 2.18. The molecule has 3 aromatic rings. The summed E-state index contributed by atoms with van der Waals surface area (Å²) < 4.78 is 23.6. The molecule has 8 heteroatoms. The van der Waals surface area contributed by atoms with E-state index in [1.807, 2.05) is 11.4 Å². The van der Waals surface area contributed by atoms with E-state index >= 15 is 0 Å². The Morgan fingerprint density at radius 3 is 2.80 bits per heavy atom. The van der Waals surface area contributed by atoms with E-state index in [0.717, 1.165) is 37.5 Å². The van der Waals surface area contributed by atoms with Gasteiger partial charge in [0, 0.05) is 25.0 Å². The topological polar surface area (TPSA) is 63.7 Å². The van der Waals surface area contributed by atoms with Gasteiger partial charge in [0.05, 0.1) is 12.8 Å². The Morgan fingerprint density at radius 2 is 2.00 bits per heavy atom. The molecule has 0 unspecified atom stereocenters. The lowest BCUT2D eigenvalue weighted by atomic mass is 9.99. The van der Waals surface area contributed by atoms with Gasteiger partial charge in [-0.05, 0) is 53.9 Å². The molecule has 2 heterocycles. The standard InChI is InChI=1S/C22H22FN3O3S/c1-28-20-5-2-16-11-26(9-8-15(16)10-20)12-18-14-30-22(24-18)25-21(27)13-29-19-6-3-17(23)4-7-19/h2-7,10,14H,8-9,11-13H2,1H3,(H,24,25,27). The van der Waals surface area contributed by atoms with Crippen LogP contribution in [0.2, 0.25) is 0 Å². The predicted octanol–water partition coefficient (Wildman–Crippen LogP) is 3.87. The molecule has 1 aliphatic rings. The van der Waals surface area contributed by atoms with Crippen LogP contribution < -0.4 is 14.8 Å². The van der Waals surface area contributed by atoms with Crippen molar-refractivity contribution < 1.29 is 18.7 Å². The quantitative estimate of drug-likeness (QED) is 0.620. The van der Waals surface area contributed by atoms with E-state index in [2.05, 4.69) is 27.3 Å². The van der Waals surface area contributed by atoms with Crippen LogP contribution in [0.25, 0.3) is 0 Å². The zero-order valence-corrected chi connectivity index (χ0v) is 17.4. The lowest BCUT2D eigenvalue weighted by Crippen LogP contribution is -2.30. The zero-order chi connectivity index (χ0) is 20.9. The molecular weight excluding hydrogens is 405 g/mol. The highest BCUT2D eigenvalue weighted by molar-refractivity contribution is 7.13. The molecule has 0 aliphatic carbocycles. The van der Waals surface area contributed by atoms with Crippen LogP contribution in [-0.2, 0) is 24.3 Å². The number of nitrogens with zero attached hydrogens (tertiary/aromatic N) is 2. The maximum absolute atomic E-state index is 12.9. The average Bonchev–Trinajstić information content (AvgIpc) is 3.19. The van der Waals surface area contributed by atoms with Gasteiger partial charge in [0.25, 0.3) is 5.91 Å². The van der Waals surface area contributed by atoms with Gasteiger partial charge >= 0.3 is 0 Å². The highest BCUT2D eigenvalue weighted by atomic mass is 32.1. The first-order chi connectivity index (χ1) is 14.6. The Balaban J connectivity index is 1.27. The van der Waals surface area contributed by atoms with Crippen molar-refractivity contribution in [3.8, 4) is 11.5 Å². The van der Waals surface area contributed by atoms with E-state index in [-0.39, 0.29) is 18.3 Å². The third-order valence-corrected chi connectivity index (χ3v) is 5.68. The minimum atomic E-state index is -0.348. The normalized spacial score (nSPS) is 13.5. The lowest BCUT2D eigenvalue weighted by Gasteiger charge is -2.28. The third-order valence-electron chi connectivity index (χ3n) is 4.87. The Bertz CT molecular complexity index is 1020. The smallest absolute Gasteiger partial charge is 0.264 e. The molecule has 0 saturated carbocycles. The van der Waals surface area contributed by atoms with Crippen molar-refractivity contribution in [2.45, 2.75) is 19.5 Å². The van der Waals surface area contributed by atoms with Crippen LogP contribution in [0.15, 0.2) is 47.8 Å². The fraction of sp³-hybridized carbons (Fsp3) is 0.273. The Labute approximate surface area is 178 Å². The van der Waals surface area contributed by atoms with Gasteiger partial charge in [-0.1, -0.05) is 6.07 Å². The number of hydrogen-bond donors (Lipinski definition) is 1. The first-order valence-corrected chi connectivity index (χ1v) is 10.5. The van der Waals surface area contributed by atoms with Crippen molar-refractivity contribution >= 4 is 22.4 Å². The number of benzene rings is 2. The predicted molar refractivity (Wildman–Crippen MR) is 113 cm³/mol. The number of halogens is 1. The minimum Gasteiger partial charge on any atom is -0.497 e. The monoisotopic (exact) mass is 427 g/mol. The molecule has 1 aliphatic heterocycles. The molecule has 0 bridgehead atoms. The van der Waals surface area contributed by atoms with Crippen LogP contribution in [0.3, 0.4) is 0 Å². The third kappa shape index (κ3) is 5.14. The molecule has 0 fully saturated rings. The fourth-order valence-electron chi connectivity index (χ4n) is 3.35. The van der Waals surface area contributed by atoms with Crippen molar-refractivity contribution in [2.24, 2.45) is 0 Å². The van der Waals surface area contributed by atoms with Crippen LogP contribution in [0, 0.1) is 5.82 Å². The summed E-state index contributed by atoms with van der Waals surface area (Å²) in [6.07, 6.45) is 0.973. The number of rotatable bonds is 7. The Hall–Kier alpha value is -2.97. The van der Waals surface area contributed by atoms with Crippen LogP contribution in [0.5, 0.6) is 11.5 Å². The van der Waals surface area contributed by atoms with E-state index in [4.69, 9.17) is 9.47 Å². The van der Waals surface area contributed by atoms with E-state index < -0.39 is 0 Å². The number of anilines is 1. The maximum Gasteiger partial charge on any atom is 0.264 e. The van der Waals surface area contributed by atoms with Gasteiger partial charge in [-0.3, -0.25) is 15.0 Å². The first-order valence-electron chi connectivity index (χ1n) is 9.60. The second-order valence-corrected chi connectivity index (χ2v) is 7.89. The number of amides is 1. The number of carbonyl (C=O) groups is 1. The second kappa shape index (κ2) is 9.23. The number of carbonyl (C=O) groups excluding carboxylic acids is 1. The van der Waals surface area contributed by atoms with Gasteiger partial charge in [-0.25, -0.2) is 9.37 Å². The van der Waals surface area contributed by atoms with Gasteiger partial charge in [0.2, 0.25) is 0 Å². The molecule has 0 radical (unpaired) electrons. The fourth-order valence-corrected chi connectivity index (χ4v) is 4.07. The van der Waals surface area contributed by atoms with Crippen LogP contribution in [0.4, 0.5) is 9.52 Å². The van der Waals surface area contributed by atoms with Crippen molar-refractivity contribution in [2.75, 3.05) is 25.6 Å². The van der Waals surface area contributed by atoms with Gasteiger partial charge < -0.3 is 9.47 Å². The summed E-state index contributed by atoms with van der Waals surface area (Å²) >= 11 is 1.39. The largest absolute Gasteiger partial charge is 0.497 e. The van der Waals surface area contributed by atoms with Crippen molar-refractivity contribution in [1.29, 1.82) is 0 Å². The summed E-state index contributed by atoms with van der Waals surface area (Å²) in [5.74, 6) is 0.681.